The Balaban J connectivity index is 1.61. The average molecular weight is 450 g/mol. The Morgan fingerprint density at radius 2 is 1.62 bits per heavy atom. The Hall–Kier alpha value is -2.74. The minimum Gasteiger partial charge on any atom is -0.405 e. The molecule has 0 aliphatic carbocycles. The zero-order chi connectivity index (χ0) is 22.8. The maximum Gasteiger partial charge on any atom is 0.351 e. The quantitative estimate of drug-likeness (QED) is 0.585. The van der Waals surface area contributed by atoms with E-state index in [0.29, 0.717) is 6.61 Å². The van der Waals surface area contributed by atoms with Crippen LogP contribution >= 0.6 is 0 Å². The van der Waals surface area contributed by atoms with Crippen LogP contribution in [0.2, 0.25) is 5.04 Å². The smallest absolute Gasteiger partial charge is 0.351 e. The number of hydrogen-bond acceptors (Lipinski definition) is 5. The van der Waals surface area contributed by atoms with Crippen molar-refractivity contribution >= 4 is 24.5 Å². The van der Waals surface area contributed by atoms with Gasteiger partial charge in [-0.1, -0.05) is 81.4 Å². The normalized spacial score (nSPS) is 19.2. The Morgan fingerprint density at radius 1 is 1.03 bits per heavy atom. The molecule has 0 radical (unpaired) electrons. The van der Waals surface area contributed by atoms with E-state index in [1.54, 1.807) is 12.3 Å². The van der Waals surface area contributed by atoms with Crippen molar-refractivity contribution in [2.24, 2.45) is 0 Å². The van der Waals surface area contributed by atoms with Crippen molar-refractivity contribution in [1.29, 1.82) is 0 Å². The second-order valence-corrected chi connectivity index (χ2v) is 13.6. The summed E-state index contributed by atoms with van der Waals surface area (Å²) < 4.78 is 14.7. The molecule has 6 nitrogen and oxygen atoms in total. The molecule has 1 fully saturated rings. The van der Waals surface area contributed by atoms with E-state index >= 15 is 0 Å². The molecule has 3 aromatic rings. The van der Waals surface area contributed by atoms with Crippen molar-refractivity contribution in [1.82, 2.24) is 9.55 Å². The summed E-state index contributed by atoms with van der Waals surface area (Å²) in [4.78, 5) is 16.0. The van der Waals surface area contributed by atoms with Crippen LogP contribution in [0.5, 0.6) is 0 Å². The zero-order valence-corrected chi connectivity index (χ0v) is 19.9. The van der Waals surface area contributed by atoms with Gasteiger partial charge in [-0.25, -0.2) is 4.79 Å². The van der Waals surface area contributed by atoms with Gasteiger partial charge in [-0.3, -0.25) is 4.57 Å². The largest absolute Gasteiger partial charge is 0.405 e. The molecule has 1 aromatic heterocycles. The van der Waals surface area contributed by atoms with E-state index < -0.39 is 8.32 Å². The summed E-state index contributed by atoms with van der Waals surface area (Å²) in [5.74, 6) is 0.218. The fraction of sp³-hybridized carbons (Fsp3) is 0.360. The highest BCUT2D eigenvalue weighted by Gasteiger charge is 2.50. The van der Waals surface area contributed by atoms with Crippen molar-refractivity contribution < 1.29 is 9.16 Å². The molecular formula is C25H31N3O3Si. The number of nitrogen functional groups attached to an aromatic ring is 1. The van der Waals surface area contributed by atoms with Crippen LogP contribution in [-0.4, -0.2) is 30.6 Å². The average Bonchev–Trinajstić information content (AvgIpc) is 3.23. The zero-order valence-electron chi connectivity index (χ0n) is 18.9. The molecule has 0 amide bonds. The molecule has 2 aromatic carbocycles. The van der Waals surface area contributed by atoms with Gasteiger partial charge in [0, 0.05) is 6.20 Å². The van der Waals surface area contributed by atoms with Crippen molar-refractivity contribution in [2.75, 3.05) is 12.3 Å². The number of anilines is 1. The first-order valence-electron chi connectivity index (χ1n) is 11.1. The Kier molecular flexibility index (Phi) is 6.32. The van der Waals surface area contributed by atoms with Crippen LogP contribution in [0.3, 0.4) is 0 Å². The van der Waals surface area contributed by atoms with Gasteiger partial charge in [0.15, 0.2) is 0 Å². The molecule has 168 valence electrons. The summed E-state index contributed by atoms with van der Waals surface area (Å²) >= 11 is 0. The molecule has 4 rings (SSSR count). The molecule has 32 heavy (non-hydrogen) atoms. The second-order valence-electron chi connectivity index (χ2n) is 9.31. The van der Waals surface area contributed by atoms with Crippen molar-refractivity contribution in [3.8, 4) is 0 Å². The Bertz CT molecular complexity index is 1060. The molecule has 0 bridgehead atoms. The van der Waals surface area contributed by atoms with E-state index in [2.05, 4.69) is 74.3 Å². The topological polar surface area (TPSA) is 79.4 Å². The van der Waals surface area contributed by atoms with Gasteiger partial charge in [-0.2, -0.15) is 4.98 Å². The minimum absolute atomic E-state index is 0.0916. The maximum absolute atomic E-state index is 12.2. The third-order valence-corrected chi connectivity index (χ3v) is 11.2. The molecule has 1 aliphatic rings. The molecule has 2 atom stereocenters. The fourth-order valence-electron chi connectivity index (χ4n) is 4.64. The highest BCUT2D eigenvalue weighted by atomic mass is 28.4. The summed E-state index contributed by atoms with van der Waals surface area (Å²) in [7, 11) is -2.61. The lowest BCUT2D eigenvalue weighted by Crippen LogP contribution is -2.67. The van der Waals surface area contributed by atoms with E-state index in [0.717, 1.165) is 12.8 Å². The lowest BCUT2D eigenvalue weighted by atomic mass is 10.2. The number of hydrogen-bond donors (Lipinski definition) is 1. The molecule has 0 saturated carbocycles. The summed E-state index contributed by atoms with van der Waals surface area (Å²) in [6.45, 7) is 7.26. The van der Waals surface area contributed by atoms with Crippen molar-refractivity contribution in [3.63, 3.8) is 0 Å². The van der Waals surface area contributed by atoms with Crippen LogP contribution in [0.25, 0.3) is 0 Å². The first-order chi connectivity index (χ1) is 15.3. The van der Waals surface area contributed by atoms with E-state index in [4.69, 9.17) is 14.9 Å². The Labute approximate surface area is 190 Å². The predicted octanol–water partition coefficient (Wildman–Crippen LogP) is 3.08. The molecule has 7 heteroatoms. The highest BCUT2D eigenvalue weighted by molar-refractivity contribution is 6.99. The van der Waals surface area contributed by atoms with Crippen LogP contribution in [0.15, 0.2) is 77.7 Å². The first-order valence-corrected chi connectivity index (χ1v) is 13.0. The third-order valence-electron chi connectivity index (χ3n) is 6.15. The third kappa shape index (κ3) is 4.28. The summed E-state index contributed by atoms with van der Waals surface area (Å²) in [5.41, 5.74) is 5.23. The summed E-state index contributed by atoms with van der Waals surface area (Å²) in [6.07, 6.45) is 2.77. The van der Waals surface area contributed by atoms with Crippen LogP contribution in [-0.2, 0) is 9.16 Å². The van der Waals surface area contributed by atoms with Crippen LogP contribution in [0.1, 0.15) is 39.8 Å². The van der Waals surface area contributed by atoms with E-state index in [9.17, 15) is 4.79 Å². The van der Waals surface area contributed by atoms with Crippen molar-refractivity contribution in [2.45, 2.75) is 51.0 Å². The molecule has 2 N–H and O–H groups in total. The fourth-order valence-corrected chi connectivity index (χ4v) is 9.23. The van der Waals surface area contributed by atoms with Crippen LogP contribution in [0.4, 0.5) is 5.82 Å². The molecule has 0 spiro atoms. The number of benzene rings is 2. The van der Waals surface area contributed by atoms with E-state index in [1.165, 1.54) is 14.9 Å². The second kappa shape index (κ2) is 9.01. The minimum atomic E-state index is -2.61. The van der Waals surface area contributed by atoms with Gasteiger partial charge in [-0.15, -0.1) is 0 Å². The number of aromatic nitrogens is 2. The maximum atomic E-state index is 12.2. The summed E-state index contributed by atoms with van der Waals surface area (Å²) in [5, 5.41) is 2.39. The van der Waals surface area contributed by atoms with Gasteiger partial charge in [0.1, 0.15) is 12.0 Å². The van der Waals surface area contributed by atoms with Gasteiger partial charge >= 0.3 is 5.69 Å². The lowest BCUT2D eigenvalue weighted by molar-refractivity contribution is -0.0214. The van der Waals surface area contributed by atoms with Crippen LogP contribution in [0, 0.1) is 0 Å². The molecule has 1 aliphatic heterocycles. The summed E-state index contributed by atoms with van der Waals surface area (Å²) in [6, 6.07) is 22.8. The lowest BCUT2D eigenvalue weighted by Gasteiger charge is -2.43. The molecular weight excluding hydrogens is 418 g/mol. The molecule has 2 heterocycles. The van der Waals surface area contributed by atoms with E-state index in [1.807, 2.05) is 12.1 Å². The van der Waals surface area contributed by atoms with Gasteiger partial charge < -0.3 is 14.9 Å². The van der Waals surface area contributed by atoms with Gasteiger partial charge in [-0.05, 0) is 34.3 Å². The predicted molar refractivity (Wildman–Crippen MR) is 130 cm³/mol. The monoisotopic (exact) mass is 449 g/mol. The van der Waals surface area contributed by atoms with Crippen LogP contribution < -0.4 is 21.8 Å². The number of nitrogens with zero attached hydrogens (tertiary/aromatic N) is 2. The molecule has 1 saturated heterocycles. The number of rotatable bonds is 6. The SMILES string of the molecule is CC(C)(C)[Si](OC[C@@H]1CC[C@H](n2ccc(N)nc2=O)O1)(c1ccccc1)c1ccccc1. The van der Waals surface area contributed by atoms with Gasteiger partial charge in [0.2, 0.25) is 0 Å². The van der Waals surface area contributed by atoms with Gasteiger partial charge in [0.05, 0.1) is 12.7 Å². The highest BCUT2D eigenvalue weighted by Crippen LogP contribution is 2.37. The Morgan fingerprint density at radius 3 is 2.16 bits per heavy atom. The van der Waals surface area contributed by atoms with Gasteiger partial charge in [0.25, 0.3) is 8.32 Å². The molecule has 0 unspecified atom stereocenters. The number of ether oxygens (including phenoxy) is 1. The number of nitrogens with two attached hydrogens (primary N) is 1. The standard InChI is InChI=1S/C25H31N3O3Si/c1-25(2,3)32(20-10-6-4-7-11-20,21-12-8-5-9-13-21)30-18-19-14-15-23(31-19)28-17-16-22(26)27-24(28)29/h4-13,16-17,19,23H,14-15,18H2,1-3H3,(H2,26,27,29)/t19-,23+/m0/s1. The first kappa shape index (κ1) is 22.5. The van der Waals surface area contributed by atoms with Crippen molar-refractivity contribution in [3.05, 3.63) is 83.4 Å². The van der Waals surface area contributed by atoms with E-state index in [-0.39, 0.29) is 28.9 Å².